The molecule has 1 aromatic heterocycles. The number of hydrogen-bond donors (Lipinski definition) is 1. The third kappa shape index (κ3) is 5.31. The highest BCUT2D eigenvalue weighted by atomic mass is 79.9. The molecule has 0 radical (unpaired) electrons. The fraction of sp³-hybridized carbons (Fsp3) is 0.0800. The lowest BCUT2D eigenvalue weighted by Crippen LogP contribution is -2.33. The lowest BCUT2D eigenvalue weighted by Gasteiger charge is -2.12. The van der Waals surface area contributed by atoms with Crippen LogP contribution >= 0.6 is 15.9 Å². The maximum atomic E-state index is 12.4. The Kier molecular flexibility index (Phi) is 6.77. The predicted molar refractivity (Wildman–Crippen MR) is 129 cm³/mol. The fourth-order valence-electron chi connectivity index (χ4n) is 3.04. The number of hydrogen-bond acceptors (Lipinski definition) is 4. The van der Waals surface area contributed by atoms with Crippen molar-refractivity contribution < 1.29 is 9.53 Å². The lowest BCUT2D eigenvalue weighted by atomic mass is 10.1. The van der Waals surface area contributed by atoms with Crippen LogP contribution in [0.1, 0.15) is 12.5 Å². The number of para-hydroxylation sites is 1. The van der Waals surface area contributed by atoms with Gasteiger partial charge in [-0.3, -0.25) is 4.79 Å². The van der Waals surface area contributed by atoms with Crippen molar-refractivity contribution >= 4 is 28.1 Å². The van der Waals surface area contributed by atoms with Gasteiger partial charge < -0.3 is 4.74 Å². The lowest BCUT2D eigenvalue weighted by molar-refractivity contribution is -0.127. The number of carbonyl (C=O) groups is 1. The van der Waals surface area contributed by atoms with E-state index in [2.05, 4.69) is 26.5 Å². The molecule has 1 unspecified atom stereocenters. The van der Waals surface area contributed by atoms with Crippen molar-refractivity contribution in [1.82, 2.24) is 15.2 Å². The van der Waals surface area contributed by atoms with Crippen LogP contribution in [0.15, 0.2) is 101 Å². The van der Waals surface area contributed by atoms with Gasteiger partial charge in [-0.05, 0) is 43.3 Å². The van der Waals surface area contributed by atoms with E-state index in [0.29, 0.717) is 5.75 Å². The van der Waals surface area contributed by atoms with E-state index in [1.54, 1.807) is 30.0 Å². The second kappa shape index (κ2) is 10.1. The Morgan fingerprint density at radius 2 is 1.69 bits per heavy atom. The molecule has 0 bridgehead atoms. The van der Waals surface area contributed by atoms with Crippen LogP contribution in [-0.2, 0) is 4.79 Å². The first-order chi connectivity index (χ1) is 15.6. The molecule has 0 aliphatic heterocycles. The summed E-state index contributed by atoms with van der Waals surface area (Å²) in [6.07, 6.45) is 2.78. The van der Waals surface area contributed by atoms with Crippen LogP contribution in [0.5, 0.6) is 5.75 Å². The number of nitrogens with one attached hydrogen (secondary N) is 1. The summed E-state index contributed by atoms with van der Waals surface area (Å²) in [7, 11) is 0. The van der Waals surface area contributed by atoms with Gasteiger partial charge in [0.15, 0.2) is 6.10 Å². The van der Waals surface area contributed by atoms with Crippen molar-refractivity contribution in [3.05, 3.63) is 101 Å². The molecule has 32 heavy (non-hydrogen) atoms. The molecule has 0 aliphatic carbocycles. The van der Waals surface area contributed by atoms with E-state index < -0.39 is 6.10 Å². The second-order valence-electron chi connectivity index (χ2n) is 7.03. The van der Waals surface area contributed by atoms with Crippen molar-refractivity contribution in [2.24, 2.45) is 5.10 Å². The van der Waals surface area contributed by atoms with E-state index in [1.807, 2.05) is 79.0 Å². The van der Waals surface area contributed by atoms with E-state index >= 15 is 0 Å². The van der Waals surface area contributed by atoms with Crippen molar-refractivity contribution in [1.29, 1.82) is 0 Å². The number of amides is 1. The molecule has 1 amide bonds. The van der Waals surface area contributed by atoms with Gasteiger partial charge in [-0.2, -0.15) is 10.2 Å². The number of benzene rings is 3. The summed E-state index contributed by atoms with van der Waals surface area (Å²) in [5.74, 6) is 0.260. The maximum Gasteiger partial charge on any atom is 0.280 e. The van der Waals surface area contributed by atoms with E-state index in [0.717, 1.165) is 27.0 Å². The third-order valence-corrected chi connectivity index (χ3v) is 5.21. The number of aromatic nitrogens is 2. The largest absolute Gasteiger partial charge is 0.481 e. The quantitative estimate of drug-likeness (QED) is 0.286. The Balaban J connectivity index is 1.50. The highest BCUT2D eigenvalue weighted by Crippen LogP contribution is 2.22. The molecule has 7 heteroatoms. The topological polar surface area (TPSA) is 68.5 Å². The molecule has 1 atom stereocenters. The second-order valence-corrected chi connectivity index (χ2v) is 7.94. The molecule has 0 aliphatic rings. The Labute approximate surface area is 194 Å². The van der Waals surface area contributed by atoms with E-state index in [4.69, 9.17) is 9.84 Å². The van der Waals surface area contributed by atoms with Crippen LogP contribution in [0.2, 0.25) is 0 Å². The minimum absolute atomic E-state index is 0.346. The monoisotopic (exact) mass is 488 g/mol. The van der Waals surface area contributed by atoms with Gasteiger partial charge in [0.25, 0.3) is 5.91 Å². The molecule has 0 saturated heterocycles. The summed E-state index contributed by atoms with van der Waals surface area (Å²) < 4.78 is 8.40. The van der Waals surface area contributed by atoms with Gasteiger partial charge in [0.05, 0.1) is 11.9 Å². The average Bonchev–Trinajstić information content (AvgIpc) is 3.26. The van der Waals surface area contributed by atoms with Gasteiger partial charge >= 0.3 is 0 Å². The molecule has 6 nitrogen and oxygen atoms in total. The number of rotatable bonds is 7. The van der Waals surface area contributed by atoms with Crippen LogP contribution in [0.3, 0.4) is 0 Å². The zero-order valence-corrected chi connectivity index (χ0v) is 18.9. The van der Waals surface area contributed by atoms with Gasteiger partial charge in [0, 0.05) is 21.8 Å². The van der Waals surface area contributed by atoms with Crippen LogP contribution in [0.4, 0.5) is 0 Å². The Morgan fingerprint density at radius 1 is 1.03 bits per heavy atom. The fourth-order valence-corrected chi connectivity index (χ4v) is 3.31. The van der Waals surface area contributed by atoms with Crippen molar-refractivity contribution in [2.75, 3.05) is 0 Å². The van der Waals surface area contributed by atoms with Crippen LogP contribution < -0.4 is 10.2 Å². The molecule has 3 aromatic carbocycles. The van der Waals surface area contributed by atoms with E-state index in [9.17, 15) is 4.79 Å². The summed E-state index contributed by atoms with van der Waals surface area (Å²) in [6.45, 7) is 1.68. The first-order valence-corrected chi connectivity index (χ1v) is 10.8. The Bertz CT molecular complexity index is 1210. The molecular formula is C25H21BrN4O2. The zero-order valence-electron chi connectivity index (χ0n) is 17.4. The molecule has 1 N–H and O–H groups in total. The molecule has 0 spiro atoms. The minimum Gasteiger partial charge on any atom is -0.481 e. The molecule has 1 heterocycles. The molecule has 4 rings (SSSR count). The third-order valence-electron chi connectivity index (χ3n) is 4.68. The molecule has 0 saturated carbocycles. The first-order valence-electron chi connectivity index (χ1n) is 10.1. The van der Waals surface area contributed by atoms with Gasteiger partial charge in [-0.1, -0.05) is 64.5 Å². The molecule has 160 valence electrons. The van der Waals surface area contributed by atoms with Crippen molar-refractivity contribution in [2.45, 2.75) is 13.0 Å². The summed E-state index contributed by atoms with van der Waals surface area (Å²) >= 11 is 3.38. The molecule has 0 fully saturated rings. The average molecular weight is 489 g/mol. The van der Waals surface area contributed by atoms with Gasteiger partial charge in [-0.25, -0.2) is 10.1 Å². The normalized spacial score (nSPS) is 11.9. The molecule has 4 aromatic rings. The number of carbonyl (C=O) groups excluding carboxylic acids is 1. The van der Waals surface area contributed by atoms with Crippen LogP contribution in [-0.4, -0.2) is 28.0 Å². The molecular weight excluding hydrogens is 468 g/mol. The number of nitrogens with zero attached hydrogens (tertiary/aromatic N) is 3. The van der Waals surface area contributed by atoms with Crippen molar-refractivity contribution in [3.63, 3.8) is 0 Å². The number of ether oxygens (including phenoxy) is 1. The Hall–Kier alpha value is -3.71. The number of halogens is 1. The van der Waals surface area contributed by atoms with E-state index in [-0.39, 0.29) is 5.91 Å². The maximum absolute atomic E-state index is 12.4. The van der Waals surface area contributed by atoms with Gasteiger partial charge in [0.2, 0.25) is 0 Å². The highest BCUT2D eigenvalue weighted by molar-refractivity contribution is 9.10. The summed E-state index contributed by atoms with van der Waals surface area (Å²) in [5, 5.41) is 8.88. The van der Waals surface area contributed by atoms with Crippen molar-refractivity contribution in [3.8, 4) is 22.7 Å². The highest BCUT2D eigenvalue weighted by Gasteiger charge is 2.15. The van der Waals surface area contributed by atoms with Gasteiger partial charge in [0.1, 0.15) is 11.4 Å². The standard InChI is InChI=1S/C25H21BrN4O2/c1-18(32-23-14-12-21(26)13-15-23)25(31)28-27-16-20-17-30(22-10-6-3-7-11-22)29-24(20)19-8-4-2-5-9-19/h2-18H,1H3,(H,28,31). The summed E-state index contributed by atoms with van der Waals surface area (Å²) in [6, 6.07) is 27.0. The summed E-state index contributed by atoms with van der Waals surface area (Å²) in [4.78, 5) is 12.4. The van der Waals surface area contributed by atoms with Crippen LogP contribution in [0, 0.1) is 0 Å². The Morgan fingerprint density at radius 3 is 2.38 bits per heavy atom. The smallest absolute Gasteiger partial charge is 0.280 e. The predicted octanol–water partition coefficient (Wildman–Crippen LogP) is 5.22. The first kappa shape index (κ1) is 21.5. The minimum atomic E-state index is -0.700. The van der Waals surface area contributed by atoms with Gasteiger partial charge in [-0.15, -0.1) is 0 Å². The van der Waals surface area contributed by atoms with E-state index in [1.165, 1.54) is 0 Å². The number of hydrazone groups is 1. The summed E-state index contributed by atoms with van der Waals surface area (Å²) in [5.41, 5.74) is 5.99. The zero-order chi connectivity index (χ0) is 22.3. The van der Waals surface area contributed by atoms with Crippen LogP contribution in [0.25, 0.3) is 16.9 Å². The SMILES string of the molecule is CC(Oc1ccc(Br)cc1)C(=O)NN=Cc1cn(-c2ccccc2)nc1-c1ccccc1.